The fourth-order valence-corrected chi connectivity index (χ4v) is 4.07. The lowest BCUT2D eigenvalue weighted by Gasteiger charge is -2.31. The first-order valence-corrected chi connectivity index (χ1v) is 10.6. The molecule has 1 amide bonds. The van der Waals surface area contributed by atoms with Gasteiger partial charge in [-0.1, -0.05) is 46.3 Å². The molecular weight excluding hydrogens is 486 g/mol. The quantitative estimate of drug-likeness (QED) is 0.462. The Labute approximate surface area is 192 Å². The summed E-state index contributed by atoms with van der Waals surface area (Å²) in [7, 11) is 0. The lowest BCUT2D eigenvalue weighted by atomic mass is 10.1. The van der Waals surface area contributed by atoms with Gasteiger partial charge < -0.3 is 14.2 Å². The van der Waals surface area contributed by atoms with Crippen LogP contribution in [0.15, 0.2) is 41.3 Å². The Bertz CT molecular complexity index is 1060. The molecule has 1 fully saturated rings. The van der Waals surface area contributed by atoms with Gasteiger partial charge in [0.05, 0.1) is 4.83 Å². The maximum absolute atomic E-state index is 12.8. The molecule has 2 aromatic rings. The molecule has 0 bridgehead atoms. The predicted octanol–water partition coefficient (Wildman–Crippen LogP) is 1.77. The topological polar surface area (TPSA) is 128 Å². The molecule has 0 saturated carbocycles. The number of ether oxygens (including phenoxy) is 3. The first-order chi connectivity index (χ1) is 15.2. The second-order valence-corrected chi connectivity index (χ2v) is 8.15. The van der Waals surface area contributed by atoms with Crippen LogP contribution in [0.2, 0.25) is 0 Å². The van der Waals surface area contributed by atoms with Crippen LogP contribution in [0.1, 0.15) is 20.8 Å². The third-order valence-electron chi connectivity index (χ3n) is 4.73. The van der Waals surface area contributed by atoms with Crippen LogP contribution < -0.4 is 10.6 Å². The fourth-order valence-electron chi connectivity index (χ4n) is 3.42. The van der Waals surface area contributed by atoms with Gasteiger partial charge in [0.2, 0.25) is 5.91 Å². The molecule has 1 aliphatic heterocycles. The molecule has 11 heteroatoms. The molecule has 2 heterocycles. The minimum Gasteiger partial charge on any atom is -0.463 e. The molecule has 170 valence electrons. The first-order valence-electron chi connectivity index (χ1n) is 9.73. The molecule has 0 aliphatic carbocycles. The number of anilines is 1. The number of nitrogens with zero attached hydrogens (tertiary/aromatic N) is 2. The van der Waals surface area contributed by atoms with Crippen molar-refractivity contribution in [2.24, 2.45) is 0 Å². The van der Waals surface area contributed by atoms with Gasteiger partial charge in [0, 0.05) is 32.5 Å². The lowest BCUT2D eigenvalue weighted by Crippen LogP contribution is -2.48. The van der Waals surface area contributed by atoms with Crippen molar-refractivity contribution in [3.63, 3.8) is 0 Å². The van der Waals surface area contributed by atoms with Crippen molar-refractivity contribution in [2.75, 3.05) is 11.5 Å². The van der Waals surface area contributed by atoms with Crippen molar-refractivity contribution in [3.8, 4) is 11.1 Å². The third kappa shape index (κ3) is 5.22. The number of aromatic nitrogens is 2. The van der Waals surface area contributed by atoms with E-state index >= 15 is 0 Å². The van der Waals surface area contributed by atoms with Gasteiger partial charge in [0.1, 0.15) is 18.5 Å². The van der Waals surface area contributed by atoms with E-state index in [9.17, 15) is 19.2 Å². The molecule has 4 atom stereocenters. The molecule has 0 unspecified atom stereocenters. The molecule has 0 radical (unpaired) electrons. The molecule has 10 nitrogen and oxygen atoms in total. The molecule has 1 saturated heterocycles. The van der Waals surface area contributed by atoms with Crippen LogP contribution in [0.4, 0.5) is 5.82 Å². The summed E-state index contributed by atoms with van der Waals surface area (Å²) in [6, 6.07) is 9.04. The Kier molecular flexibility index (Phi) is 7.41. The Hall–Kier alpha value is -3.05. The van der Waals surface area contributed by atoms with E-state index in [0.717, 1.165) is 0 Å². The summed E-state index contributed by atoms with van der Waals surface area (Å²) in [6.07, 6.45) is -1.42. The number of carbonyl (C=O) groups excluding carboxylic acids is 3. The van der Waals surface area contributed by atoms with E-state index in [2.05, 4.69) is 25.9 Å². The minimum absolute atomic E-state index is 0.121. The molecule has 3 rings (SSSR count). The van der Waals surface area contributed by atoms with Crippen LogP contribution in [0.3, 0.4) is 0 Å². The minimum atomic E-state index is -1.11. The number of H-pyrrole nitrogens is 1. The first kappa shape index (κ1) is 23.6. The molecular formula is C21H22BrN3O7. The van der Waals surface area contributed by atoms with E-state index in [-0.39, 0.29) is 12.4 Å². The number of rotatable bonds is 6. The van der Waals surface area contributed by atoms with Crippen LogP contribution in [-0.4, -0.2) is 57.7 Å². The molecule has 1 aromatic carbocycles. The second kappa shape index (κ2) is 10.0. The van der Waals surface area contributed by atoms with Crippen molar-refractivity contribution >= 4 is 39.6 Å². The number of aromatic amines is 1. The van der Waals surface area contributed by atoms with Gasteiger partial charge >= 0.3 is 17.6 Å². The summed E-state index contributed by atoms with van der Waals surface area (Å²) in [5, 5.41) is 0. The van der Waals surface area contributed by atoms with Gasteiger partial charge in [-0.05, 0) is 5.56 Å². The highest BCUT2D eigenvalue weighted by molar-refractivity contribution is 9.09. The van der Waals surface area contributed by atoms with Crippen molar-refractivity contribution in [1.82, 2.24) is 9.97 Å². The van der Waals surface area contributed by atoms with E-state index in [1.54, 1.807) is 24.3 Å². The highest BCUT2D eigenvalue weighted by Crippen LogP contribution is 2.36. The zero-order valence-corrected chi connectivity index (χ0v) is 19.2. The predicted molar refractivity (Wildman–Crippen MR) is 117 cm³/mol. The monoisotopic (exact) mass is 507 g/mol. The van der Waals surface area contributed by atoms with E-state index in [4.69, 9.17) is 14.2 Å². The van der Waals surface area contributed by atoms with Crippen LogP contribution in [0, 0.1) is 0 Å². The summed E-state index contributed by atoms with van der Waals surface area (Å²) in [6.45, 7) is 3.67. The number of hydrogen-bond acceptors (Lipinski definition) is 8. The van der Waals surface area contributed by atoms with Crippen LogP contribution in [-0.2, 0) is 28.6 Å². The Balaban J connectivity index is 2.08. The van der Waals surface area contributed by atoms with Crippen LogP contribution >= 0.6 is 15.9 Å². The second-order valence-electron chi connectivity index (χ2n) is 7.09. The maximum atomic E-state index is 12.8. The average molecular weight is 508 g/mol. The van der Waals surface area contributed by atoms with Gasteiger partial charge in [0.25, 0.3) is 0 Å². The van der Waals surface area contributed by atoms with Gasteiger partial charge in [-0.3, -0.25) is 24.3 Å². The number of halogens is 1. The van der Waals surface area contributed by atoms with Gasteiger partial charge in [-0.2, -0.15) is 0 Å². The standard InChI is InChI=1S/C21H22BrN3O7/c1-11(26)25(19-15(9-23-21(29)24-19)14-7-5-4-6-8-14)20-18(31-13(3)28)17(22)16(32-20)10-30-12(2)27/h4-9,16-18,20H,10H2,1-3H3,(H,23,24,29)/t16-,17+,18-,20-/m1/s1. The number of esters is 2. The number of hydrogen-bond donors (Lipinski definition) is 1. The van der Waals surface area contributed by atoms with Crippen molar-refractivity contribution in [1.29, 1.82) is 0 Å². The summed E-state index contributed by atoms with van der Waals surface area (Å²) >= 11 is 3.44. The molecule has 1 aromatic heterocycles. The highest BCUT2D eigenvalue weighted by Gasteiger charge is 2.50. The van der Waals surface area contributed by atoms with E-state index < -0.39 is 46.8 Å². The lowest BCUT2D eigenvalue weighted by molar-refractivity contribution is -0.150. The number of nitrogens with one attached hydrogen (secondary N) is 1. The zero-order chi connectivity index (χ0) is 23.4. The van der Waals surface area contributed by atoms with Gasteiger partial charge in [-0.15, -0.1) is 0 Å². The fraction of sp³-hybridized carbons (Fsp3) is 0.381. The van der Waals surface area contributed by atoms with E-state index in [1.165, 1.54) is 31.9 Å². The summed E-state index contributed by atoms with van der Waals surface area (Å²) < 4.78 is 16.5. The molecule has 32 heavy (non-hydrogen) atoms. The van der Waals surface area contributed by atoms with E-state index in [1.807, 2.05) is 6.07 Å². The Morgan fingerprint density at radius 2 is 1.84 bits per heavy atom. The zero-order valence-electron chi connectivity index (χ0n) is 17.6. The summed E-state index contributed by atoms with van der Waals surface area (Å²) in [5.74, 6) is -1.43. The van der Waals surface area contributed by atoms with Crippen molar-refractivity contribution in [2.45, 2.75) is 44.0 Å². The summed E-state index contributed by atoms with van der Waals surface area (Å²) in [5.41, 5.74) is 0.506. The van der Waals surface area contributed by atoms with Crippen molar-refractivity contribution in [3.05, 3.63) is 47.0 Å². The normalized spacial score (nSPS) is 22.2. The third-order valence-corrected chi connectivity index (χ3v) is 5.84. The molecule has 0 spiro atoms. The molecule has 1 N–H and O–H groups in total. The number of carbonyl (C=O) groups is 3. The SMILES string of the molecule is CC(=O)OC[C@H]1O[C@@H](N(C(C)=O)c2[nH]c(=O)ncc2-c2ccccc2)[C@H](OC(C)=O)[C@H]1Br. The van der Waals surface area contributed by atoms with Crippen molar-refractivity contribution < 1.29 is 28.6 Å². The largest absolute Gasteiger partial charge is 0.463 e. The Morgan fingerprint density at radius 3 is 2.44 bits per heavy atom. The highest BCUT2D eigenvalue weighted by atomic mass is 79.9. The smallest absolute Gasteiger partial charge is 0.346 e. The number of alkyl halides is 1. The van der Waals surface area contributed by atoms with Gasteiger partial charge in [-0.25, -0.2) is 9.78 Å². The number of benzene rings is 1. The van der Waals surface area contributed by atoms with Gasteiger partial charge in [0.15, 0.2) is 12.3 Å². The van der Waals surface area contributed by atoms with E-state index in [0.29, 0.717) is 11.1 Å². The number of amides is 1. The van der Waals surface area contributed by atoms with Crippen LogP contribution in [0.5, 0.6) is 0 Å². The Morgan fingerprint density at radius 1 is 1.16 bits per heavy atom. The molecule has 1 aliphatic rings. The summed E-state index contributed by atoms with van der Waals surface area (Å²) in [4.78, 5) is 54.9. The maximum Gasteiger partial charge on any atom is 0.346 e. The van der Waals surface area contributed by atoms with Crippen LogP contribution in [0.25, 0.3) is 11.1 Å². The average Bonchev–Trinajstić information content (AvgIpc) is 3.02.